The fourth-order valence-corrected chi connectivity index (χ4v) is 1.71. The van der Waals surface area contributed by atoms with E-state index in [4.69, 9.17) is 33.3 Å². The van der Waals surface area contributed by atoms with E-state index in [2.05, 4.69) is 0 Å². The SMILES string of the molecule is COCCOCCOCCOCCC[Si](O)(O)O. The second-order valence-corrected chi connectivity index (χ2v) is 5.76. The summed E-state index contributed by atoms with van der Waals surface area (Å²) in [6, 6.07) is 0.00119. The molecule has 0 radical (unpaired) electrons. The van der Waals surface area contributed by atoms with Crippen molar-refractivity contribution in [2.45, 2.75) is 12.5 Å². The van der Waals surface area contributed by atoms with Crippen LogP contribution in [-0.2, 0) is 18.9 Å². The summed E-state index contributed by atoms with van der Waals surface area (Å²) >= 11 is 0. The molecule has 0 atom stereocenters. The van der Waals surface area contributed by atoms with Crippen molar-refractivity contribution in [3.63, 3.8) is 0 Å². The predicted molar refractivity (Wildman–Crippen MR) is 66.2 cm³/mol. The van der Waals surface area contributed by atoms with E-state index in [1.807, 2.05) is 0 Å². The van der Waals surface area contributed by atoms with Gasteiger partial charge in [-0.15, -0.1) is 0 Å². The molecule has 0 aliphatic heterocycles. The van der Waals surface area contributed by atoms with Crippen molar-refractivity contribution in [3.05, 3.63) is 0 Å². The zero-order chi connectivity index (χ0) is 13.7. The van der Waals surface area contributed by atoms with Gasteiger partial charge in [0.05, 0.1) is 39.6 Å². The molecule has 0 aromatic rings. The van der Waals surface area contributed by atoms with Gasteiger partial charge in [0.25, 0.3) is 0 Å². The van der Waals surface area contributed by atoms with Gasteiger partial charge in [0.15, 0.2) is 0 Å². The lowest BCUT2D eigenvalue weighted by molar-refractivity contribution is 0.00350. The molecule has 18 heavy (non-hydrogen) atoms. The maximum absolute atomic E-state index is 8.73. The summed E-state index contributed by atoms with van der Waals surface area (Å²) in [5.41, 5.74) is 0. The quantitative estimate of drug-likeness (QED) is 0.294. The third-order valence-corrected chi connectivity index (χ3v) is 3.00. The van der Waals surface area contributed by atoms with Crippen LogP contribution in [0.3, 0.4) is 0 Å². The highest BCUT2D eigenvalue weighted by atomic mass is 28.4. The van der Waals surface area contributed by atoms with Crippen LogP contribution in [0.25, 0.3) is 0 Å². The van der Waals surface area contributed by atoms with E-state index in [9.17, 15) is 0 Å². The molecule has 0 saturated heterocycles. The zero-order valence-corrected chi connectivity index (χ0v) is 11.8. The second-order valence-electron chi connectivity index (χ2n) is 3.71. The molecule has 110 valence electrons. The first-order chi connectivity index (χ1) is 8.56. The summed E-state index contributed by atoms with van der Waals surface area (Å²) in [4.78, 5) is 26.2. The van der Waals surface area contributed by atoms with Crippen molar-refractivity contribution in [2.24, 2.45) is 0 Å². The fourth-order valence-electron chi connectivity index (χ4n) is 1.10. The van der Waals surface area contributed by atoms with Crippen LogP contribution in [0.15, 0.2) is 0 Å². The van der Waals surface area contributed by atoms with Crippen molar-refractivity contribution in [1.82, 2.24) is 0 Å². The minimum atomic E-state index is -3.89. The van der Waals surface area contributed by atoms with Crippen LogP contribution in [0, 0.1) is 0 Å². The van der Waals surface area contributed by atoms with Crippen molar-refractivity contribution in [3.8, 4) is 0 Å². The Morgan fingerprint density at radius 2 is 1.17 bits per heavy atom. The first kappa shape index (κ1) is 17.9. The Balaban J connectivity index is 2.99. The van der Waals surface area contributed by atoms with E-state index < -0.39 is 8.80 Å². The molecule has 0 aliphatic rings. The van der Waals surface area contributed by atoms with Gasteiger partial charge in [-0.1, -0.05) is 0 Å². The number of hydrogen-bond donors (Lipinski definition) is 3. The Labute approximate surface area is 109 Å². The molecule has 0 amide bonds. The lowest BCUT2D eigenvalue weighted by atomic mass is 10.5. The second kappa shape index (κ2) is 12.0. The molecule has 7 nitrogen and oxygen atoms in total. The summed E-state index contributed by atoms with van der Waals surface area (Å²) in [5.74, 6) is 0. The fraction of sp³-hybridized carbons (Fsp3) is 1.00. The van der Waals surface area contributed by atoms with E-state index in [0.717, 1.165) is 0 Å². The van der Waals surface area contributed by atoms with Crippen LogP contribution in [0.4, 0.5) is 0 Å². The molecule has 0 aromatic heterocycles. The topological polar surface area (TPSA) is 97.6 Å². The molecule has 0 heterocycles. The third kappa shape index (κ3) is 15.9. The van der Waals surface area contributed by atoms with Gasteiger partial charge in [0.2, 0.25) is 0 Å². The highest BCUT2D eigenvalue weighted by molar-refractivity contribution is 6.56. The van der Waals surface area contributed by atoms with Crippen LogP contribution in [0.5, 0.6) is 0 Å². The zero-order valence-electron chi connectivity index (χ0n) is 10.8. The average Bonchev–Trinajstić information content (AvgIpc) is 2.29. The number of methoxy groups -OCH3 is 1. The highest BCUT2D eigenvalue weighted by Gasteiger charge is 2.25. The van der Waals surface area contributed by atoms with E-state index in [1.165, 1.54) is 0 Å². The summed E-state index contributed by atoms with van der Waals surface area (Å²) in [6.07, 6.45) is 0.426. The van der Waals surface area contributed by atoms with Gasteiger partial charge in [-0.3, -0.25) is 0 Å². The normalized spacial score (nSPS) is 12.0. The van der Waals surface area contributed by atoms with Crippen LogP contribution in [0.1, 0.15) is 6.42 Å². The van der Waals surface area contributed by atoms with Crippen LogP contribution in [-0.4, -0.2) is 76.5 Å². The van der Waals surface area contributed by atoms with Gasteiger partial charge in [-0.2, -0.15) is 0 Å². The molecule has 3 N–H and O–H groups in total. The van der Waals surface area contributed by atoms with Crippen LogP contribution < -0.4 is 0 Å². The molecule has 0 rings (SSSR count). The minimum Gasteiger partial charge on any atom is -0.390 e. The number of ether oxygens (including phenoxy) is 4. The van der Waals surface area contributed by atoms with Gasteiger partial charge in [-0.05, 0) is 6.42 Å². The molecule has 8 heteroatoms. The first-order valence-corrected chi connectivity index (χ1v) is 8.00. The summed E-state index contributed by atoms with van der Waals surface area (Å²) in [6.45, 7) is 3.45. The third-order valence-electron chi connectivity index (χ3n) is 1.98. The van der Waals surface area contributed by atoms with E-state index in [-0.39, 0.29) is 6.04 Å². The number of rotatable bonds is 13. The van der Waals surface area contributed by atoms with E-state index >= 15 is 0 Å². The van der Waals surface area contributed by atoms with Gasteiger partial charge in [0.1, 0.15) is 0 Å². The maximum atomic E-state index is 8.73. The van der Waals surface area contributed by atoms with Crippen molar-refractivity contribution in [2.75, 3.05) is 53.4 Å². The molecule has 0 saturated carbocycles. The maximum Gasteiger partial charge on any atom is 0.492 e. The Morgan fingerprint density at radius 3 is 1.61 bits per heavy atom. The monoisotopic (exact) mass is 284 g/mol. The van der Waals surface area contributed by atoms with E-state index in [1.54, 1.807) is 7.11 Å². The Kier molecular flexibility index (Phi) is 12.0. The lowest BCUT2D eigenvalue weighted by Crippen LogP contribution is -2.34. The first-order valence-electron chi connectivity index (χ1n) is 5.95. The molecular formula is C10H24O7Si. The van der Waals surface area contributed by atoms with Gasteiger partial charge in [-0.25, -0.2) is 0 Å². The molecule has 0 bridgehead atoms. The molecule has 0 aromatic carbocycles. The van der Waals surface area contributed by atoms with Gasteiger partial charge in [0, 0.05) is 19.8 Å². The smallest absolute Gasteiger partial charge is 0.390 e. The molecule has 0 spiro atoms. The molecular weight excluding hydrogens is 260 g/mol. The van der Waals surface area contributed by atoms with Crippen LogP contribution >= 0.6 is 0 Å². The van der Waals surface area contributed by atoms with Gasteiger partial charge < -0.3 is 33.3 Å². The standard InChI is InChI=1S/C10H24O7Si/c1-14-4-5-16-8-9-17-7-6-15-3-2-10-18(11,12)13/h11-13H,2-10H2,1H3. The lowest BCUT2D eigenvalue weighted by Gasteiger charge is -2.09. The highest BCUT2D eigenvalue weighted by Crippen LogP contribution is 2.00. The largest absolute Gasteiger partial charge is 0.492 e. The number of hydrogen-bond acceptors (Lipinski definition) is 7. The molecule has 0 unspecified atom stereocenters. The summed E-state index contributed by atoms with van der Waals surface area (Å²) < 4.78 is 20.4. The van der Waals surface area contributed by atoms with E-state index in [0.29, 0.717) is 52.7 Å². The molecule has 0 aliphatic carbocycles. The van der Waals surface area contributed by atoms with Crippen LogP contribution in [0.2, 0.25) is 6.04 Å². The van der Waals surface area contributed by atoms with Crippen molar-refractivity contribution in [1.29, 1.82) is 0 Å². The van der Waals surface area contributed by atoms with Gasteiger partial charge >= 0.3 is 8.80 Å². The summed E-state index contributed by atoms with van der Waals surface area (Å²) in [7, 11) is -2.27. The molecule has 0 fully saturated rings. The Hall–Kier alpha value is -0.0631. The Morgan fingerprint density at radius 1 is 0.722 bits per heavy atom. The average molecular weight is 284 g/mol. The minimum absolute atomic E-state index is 0.00119. The Bertz CT molecular complexity index is 174. The van der Waals surface area contributed by atoms with Crippen molar-refractivity contribution < 1.29 is 33.3 Å². The summed E-state index contributed by atoms with van der Waals surface area (Å²) in [5, 5.41) is 0. The predicted octanol–water partition coefficient (Wildman–Crippen LogP) is -1.01. The van der Waals surface area contributed by atoms with Crippen molar-refractivity contribution >= 4 is 8.80 Å².